The predicted molar refractivity (Wildman–Crippen MR) is 82.7 cm³/mol. The summed E-state index contributed by atoms with van der Waals surface area (Å²) in [4.78, 5) is 0. The van der Waals surface area contributed by atoms with Crippen molar-refractivity contribution in [1.29, 1.82) is 0 Å². The number of rotatable bonds is 3. The monoisotopic (exact) mass is 361 g/mol. The van der Waals surface area contributed by atoms with Crippen LogP contribution in [0.25, 0.3) is 0 Å². The van der Waals surface area contributed by atoms with Gasteiger partial charge in [-0.15, -0.1) is 0 Å². The summed E-state index contributed by atoms with van der Waals surface area (Å²) in [6, 6.07) is 5.49. The Morgan fingerprint density at radius 2 is 2.11 bits per heavy atom. The standard InChI is InChI=1S/C13H14BrCl2N3/c1-7-10(13(16)19(2)18-7)6-12(17)9-4-3-8(14)5-11(9)15/h3-5,12H,6,17H2,1-2H3. The van der Waals surface area contributed by atoms with Gasteiger partial charge in [-0.2, -0.15) is 5.10 Å². The number of aryl methyl sites for hydroxylation is 2. The van der Waals surface area contributed by atoms with Crippen molar-refractivity contribution in [3.05, 3.63) is 49.7 Å². The van der Waals surface area contributed by atoms with E-state index in [1.807, 2.05) is 32.2 Å². The third-order valence-electron chi connectivity index (χ3n) is 3.06. The Morgan fingerprint density at radius 1 is 1.42 bits per heavy atom. The van der Waals surface area contributed by atoms with Gasteiger partial charge in [0.15, 0.2) is 0 Å². The summed E-state index contributed by atoms with van der Waals surface area (Å²) in [5.74, 6) is 0. The fraction of sp³-hybridized carbons (Fsp3) is 0.308. The highest BCUT2D eigenvalue weighted by Crippen LogP contribution is 2.29. The van der Waals surface area contributed by atoms with Crippen molar-refractivity contribution in [2.75, 3.05) is 0 Å². The molecule has 0 fully saturated rings. The lowest BCUT2D eigenvalue weighted by atomic mass is 10.0. The van der Waals surface area contributed by atoms with Gasteiger partial charge >= 0.3 is 0 Å². The second kappa shape index (κ2) is 5.83. The van der Waals surface area contributed by atoms with E-state index in [1.54, 1.807) is 4.68 Å². The van der Waals surface area contributed by atoms with Crippen LogP contribution < -0.4 is 5.73 Å². The Morgan fingerprint density at radius 3 is 2.63 bits per heavy atom. The molecule has 1 aromatic carbocycles. The summed E-state index contributed by atoms with van der Waals surface area (Å²) in [5, 5.41) is 5.56. The van der Waals surface area contributed by atoms with Crippen LogP contribution in [0.1, 0.15) is 22.9 Å². The zero-order valence-corrected chi connectivity index (χ0v) is 13.7. The second-order valence-corrected chi connectivity index (χ2v) is 6.14. The highest BCUT2D eigenvalue weighted by atomic mass is 79.9. The molecule has 0 radical (unpaired) electrons. The number of halogens is 3. The first kappa shape index (κ1) is 14.9. The van der Waals surface area contributed by atoms with Crippen molar-refractivity contribution in [2.45, 2.75) is 19.4 Å². The van der Waals surface area contributed by atoms with E-state index in [0.717, 1.165) is 21.3 Å². The minimum Gasteiger partial charge on any atom is -0.324 e. The van der Waals surface area contributed by atoms with E-state index in [9.17, 15) is 0 Å². The molecule has 2 aromatic rings. The van der Waals surface area contributed by atoms with Crippen molar-refractivity contribution in [3.8, 4) is 0 Å². The van der Waals surface area contributed by atoms with E-state index >= 15 is 0 Å². The van der Waals surface area contributed by atoms with Crippen molar-refractivity contribution in [2.24, 2.45) is 12.8 Å². The van der Waals surface area contributed by atoms with Gasteiger partial charge in [0, 0.05) is 28.1 Å². The van der Waals surface area contributed by atoms with Gasteiger partial charge in [0.25, 0.3) is 0 Å². The van der Waals surface area contributed by atoms with Crippen molar-refractivity contribution >= 4 is 39.1 Å². The molecule has 1 aromatic heterocycles. The molecule has 6 heteroatoms. The van der Waals surface area contributed by atoms with Gasteiger partial charge in [-0.25, -0.2) is 0 Å². The molecule has 1 heterocycles. The lowest BCUT2D eigenvalue weighted by Gasteiger charge is -2.14. The molecule has 0 bridgehead atoms. The number of hydrogen-bond donors (Lipinski definition) is 1. The van der Waals surface area contributed by atoms with E-state index in [-0.39, 0.29) is 6.04 Å². The maximum atomic E-state index is 6.23. The highest BCUT2D eigenvalue weighted by Gasteiger charge is 2.17. The average Bonchev–Trinajstić information content (AvgIpc) is 2.56. The Bertz CT molecular complexity index is 610. The maximum absolute atomic E-state index is 6.23. The van der Waals surface area contributed by atoms with Gasteiger partial charge in [-0.3, -0.25) is 4.68 Å². The third-order valence-corrected chi connectivity index (χ3v) is 4.35. The minimum absolute atomic E-state index is 0.207. The highest BCUT2D eigenvalue weighted by molar-refractivity contribution is 9.10. The molecule has 0 saturated carbocycles. The number of hydrogen-bond acceptors (Lipinski definition) is 2. The summed E-state index contributed by atoms with van der Waals surface area (Å²) in [5.41, 5.74) is 9.00. The molecule has 19 heavy (non-hydrogen) atoms. The van der Waals surface area contributed by atoms with Crippen LogP contribution in [0.3, 0.4) is 0 Å². The van der Waals surface area contributed by atoms with Gasteiger partial charge < -0.3 is 5.73 Å². The van der Waals surface area contributed by atoms with E-state index in [2.05, 4.69) is 21.0 Å². The number of aromatic nitrogens is 2. The molecule has 0 spiro atoms. The SMILES string of the molecule is Cc1nn(C)c(Cl)c1CC(N)c1ccc(Br)cc1Cl. The quantitative estimate of drug-likeness (QED) is 0.895. The van der Waals surface area contributed by atoms with Crippen molar-refractivity contribution in [3.63, 3.8) is 0 Å². The smallest absolute Gasteiger partial charge is 0.130 e. The molecular formula is C13H14BrCl2N3. The predicted octanol–water partition coefficient (Wildman–Crippen LogP) is 4.04. The maximum Gasteiger partial charge on any atom is 0.130 e. The summed E-state index contributed by atoms with van der Waals surface area (Å²) in [7, 11) is 1.82. The molecule has 0 saturated heterocycles. The first-order valence-electron chi connectivity index (χ1n) is 5.78. The number of benzene rings is 1. The van der Waals surface area contributed by atoms with Crippen LogP contribution >= 0.6 is 39.1 Å². The Labute approximate surface area is 130 Å². The zero-order chi connectivity index (χ0) is 14.2. The van der Waals surface area contributed by atoms with Crippen LogP contribution in [-0.2, 0) is 13.5 Å². The first-order valence-corrected chi connectivity index (χ1v) is 7.33. The molecule has 3 nitrogen and oxygen atoms in total. The number of nitrogens with two attached hydrogens (primary N) is 1. The van der Waals surface area contributed by atoms with Crippen molar-refractivity contribution < 1.29 is 0 Å². The summed E-state index contributed by atoms with van der Waals surface area (Å²) < 4.78 is 2.59. The second-order valence-electron chi connectivity index (χ2n) is 4.45. The van der Waals surface area contributed by atoms with E-state index < -0.39 is 0 Å². The fourth-order valence-corrected chi connectivity index (χ4v) is 3.10. The van der Waals surface area contributed by atoms with E-state index in [4.69, 9.17) is 28.9 Å². The average molecular weight is 363 g/mol. The third kappa shape index (κ3) is 3.14. The van der Waals surface area contributed by atoms with Gasteiger partial charge in [-0.05, 0) is 31.0 Å². The van der Waals surface area contributed by atoms with Gasteiger partial charge in [0.05, 0.1) is 5.69 Å². The molecule has 1 atom stereocenters. The topological polar surface area (TPSA) is 43.8 Å². The fourth-order valence-electron chi connectivity index (χ4n) is 2.04. The minimum atomic E-state index is -0.207. The summed E-state index contributed by atoms with van der Waals surface area (Å²) >= 11 is 15.8. The van der Waals surface area contributed by atoms with Crippen LogP contribution in [0.15, 0.2) is 22.7 Å². The van der Waals surface area contributed by atoms with Crippen LogP contribution in [0, 0.1) is 6.92 Å². The normalized spacial score (nSPS) is 12.7. The molecule has 1 unspecified atom stereocenters. The first-order chi connectivity index (χ1) is 8.90. The van der Waals surface area contributed by atoms with Crippen LogP contribution in [0.2, 0.25) is 10.2 Å². The molecule has 0 amide bonds. The number of nitrogens with zero attached hydrogens (tertiary/aromatic N) is 2. The lowest BCUT2D eigenvalue weighted by Crippen LogP contribution is -2.14. The summed E-state index contributed by atoms with van der Waals surface area (Å²) in [6.45, 7) is 1.93. The van der Waals surface area contributed by atoms with E-state index in [0.29, 0.717) is 16.6 Å². The zero-order valence-electron chi connectivity index (χ0n) is 10.6. The largest absolute Gasteiger partial charge is 0.324 e. The molecule has 0 aliphatic heterocycles. The molecular weight excluding hydrogens is 349 g/mol. The Balaban J connectivity index is 2.28. The molecule has 102 valence electrons. The van der Waals surface area contributed by atoms with E-state index in [1.165, 1.54) is 0 Å². The van der Waals surface area contributed by atoms with Crippen LogP contribution in [-0.4, -0.2) is 9.78 Å². The van der Waals surface area contributed by atoms with Gasteiger partial charge in [0.2, 0.25) is 0 Å². The molecule has 2 rings (SSSR count). The molecule has 0 aliphatic carbocycles. The molecule has 0 aliphatic rings. The van der Waals surface area contributed by atoms with Crippen LogP contribution in [0.4, 0.5) is 0 Å². The van der Waals surface area contributed by atoms with Crippen molar-refractivity contribution in [1.82, 2.24) is 9.78 Å². The van der Waals surface area contributed by atoms with Gasteiger partial charge in [0.1, 0.15) is 5.15 Å². The Hall–Kier alpha value is -0.550. The van der Waals surface area contributed by atoms with Gasteiger partial charge in [-0.1, -0.05) is 45.2 Å². The molecule has 2 N–H and O–H groups in total. The Kier molecular flexibility index (Phi) is 4.56. The summed E-state index contributed by atoms with van der Waals surface area (Å²) in [6.07, 6.45) is 0.611. The lowest BCUT2D eigenvalue weighted by molar-refractivity contribution is 0.718. The van der Waals surface area contributed by atoms with Crippen LogP contribution in [0.5, 0.6) is 0 Å².